The molecular formula is C14H29NO. The topological polar surface area (TPSA) is 32.3 Å². The highest BCUT2D eigenvalue weighted by Crippen LogP contribution is 2.30. The van der Waals surface area contributed by atoms with Crippen molar-refractivity contribution in [1.82, 2.24) is 5.32 Å². The third-order valence-corrected chi connectivity index (χ3v) is 3.83. The maximum absolute atomic E-state index is 9.52. The van der Waals surface area contributed by atoms with Crippen LogP contribution in [0.15, 0.2) is 0 Å². The summed E-state index contributed by atoms with van der Waals surface area (Å²) in [5, 5.41) is 13.2. The molecule has 0 amide bonds. The Labute approximate surface area is 101 Å². The molecule has 96 valence electrons. The van der Waals surface area contributed by atoms with E-state index in [1.807, 2.05) is 0 Å². The van der Waals surface area contributed by atoms with Crippen molar-refractivity contribution in [3.63, 3.8) is 0 Å². The van der Waals surface area contributed by atoms with Crippen molar-refractivity contribution in [3.8, 4) is 0 Å². The van der Waals surface area contributed by atoms with Gasteiger partial charge in [-0.2, -0.15) is 0 Å². The fraction of sp³-hybridized carbons (Fsp3) is 1.00. The Bertz CT molecular complexity index is 185. The molecule has 0 aromatic heterocycles. The van der Waals surface area contributed by atoms with Crippen molar-refractivity contribution >= 4 is 0 Å². The van der Waals surface area contributed by atoms with Gasteiger partial charge >= 0.3 is 0 Å². The van der Waals surface area contributed by atoms with E-state index < -0.39 is 0 Å². The Morgan fingerprint density at radius 3 is 2.25 bits per heavy atom. The molecule has 1 fully saturated rings. The summed E-state index contributed by atoms with van der Waals surface area (Å²) in [4.78, 5) is 0. The summed E-state index contributed by atoms with van der Waals surface area (Å²) in [7, 11) is 0. The number of hydrogen-bond donors (Lipinski definition) is 2. The van der Waals surface area contributed by atoms with Crippen molar-refractivity contribution in [2.75, 3.05) is 6.61 Å². The van der Waals surface area contributed by atoms with Gasteiger partial charge in [-0.25, -0.2) is 0 Å². The number of rotatable bonds is 7. The highest BCUT2D eigenvalue weighted by Gasteiger charge is 2.33. The third-order valence-electron chi connectivity index (χ3n) is 3.83. The van der Waals surface area contributed by atoms with E-state index in [0.29, 0.717) is 12.6 Å². The normalized spacial score (nSPS) is 21.6. The standard InChI is InChI=1S/C14H29NO/c1-12(2)7-6-8-13(3)15-14(11-16)9-4-5-10-14/h12-13,15-16H,4-11H2,1-3H3. The Morgan fingerprint density at radius 2 is 1.75 bits per heavy atom. The Morgan fingerprint density at radius 1 is 1.12 bits per heavy atom. The summed E-state index contributed by atoms with van der Waals surface area (Å²) in [5.74, 6) is 0.811. The minimum absolute atomic E-state index is 0.0528. The predicted octanol–water partition coefficient (Wildman–Crippen LogP) is 3.10. The largest absolute Gasteiger partial charge is 0.394 e. The summed E-state index contributed by atoms with van der Waals surface area (Å²) in [6, 6.07) is 0.545. The minimum atomic E-state index is 0.0528. The Balaban J connectivity index is 2.24. The molecule has 1 saturated carbocycles. The lowest BCUT2D eigenvalue weighted by atomic mass is 9.96. The van der Waals surface area contributed by atoms with Crippen molar-refractivity contribution in [2.24, 2.45) is 5.92 Å². The van der Waals surface area contributed by atoms with E-state index in [2.05, 4.69) is 26.1 Å². The van der Waals surface area contributed by atoms with Crippen LogP contribution in [0.1, 0.15) is 65.7 Å². The molecule has 1 atom stereocenters. The quantitative estimate of drug-likeness (QED) is 0.700. The molecule has 0 radical (unpaired) electrons. The van der Waals surface area contributed by atoms with Gasteiger partial charge in [-0.3, -0.25) is 0 Å². The van der Waals surface area contributed by atoms with Gasteiger partial charge in [-0.1, -0.05) is 39.5 Å². The zero-order chi connectivity index (χ0) is 12.0. The van der Waals surface area contributed by atoms with Gasteiger partial charge in [0.25, 0.3) is 0 Å². The van der Waals surface area contributed by atoms with E-state index in [0.717, 1.165) is 18.8 Å². The summed E-state index contributed by atoms with van der Waals surface area (Å²) in [6.45, 7) is 7.13. The highest BCUT2D eigenvalue weighted by atomic mass is 16.3. The summed E-state index contributed by atoms with van der Waals surface area (Å²) in [6.07, 6.45) is 8.69. The van der Waals surface area contributed by atoms with E-state index in [9.17, 15) is 5.11 Å². The first-order valence-electron chi connectivity index (χ1n) is 6.96. The van der Waals surface area contributed by atoms with Crippen LogP contribution in [0.25, 0.3) is 0 Å². The van der Waals surface area contributed by atoms with Crippen LogP contribution < -0.4 is 5.32 Å². The molecule has 2 nitrogen and oxygen atoms in total. The Kier molecular flexibility index (Phi) is 5.77. The molecule has 1 rings (SSSR count). The summed E-state index contributed by atoms with van der Waals surface area (Å²) >= 11 is 0. The zero-order valence-electron chi connectivity index (χ0n) is 11.3. The van der Waals surface area contributed by atoms with Crippen LogP contribution in [0.5, 0.6) is 0 Å². The highest BCUT2D eigenvalue weighted by molar-refractivity contribution is 4.93. The SMILES string of the molecule is CC(C)CCCC(C)NC1(CO)CCCC1. The molecule has 2 N–H and O–H groups in total. The molecule has 2 heteroatoms. The van der Waals surface area contributed by atoms with Crippen molar-refractivity contribution < 1.29 is 5.11 Å². The lowest BCUT2D eigenvalue weighted by molar-refractivity contribution is 0.150. The summed E-state index contributed by atoms with van der Waals surface area (Å²) in [5.41, 5.74) is 0.0528. The van der Waals surface area contributed by atoms with E-state index in [4.69, 9.17) is 0 Å². The van der Waals surface area contributed by atoms with Crippen molar-refractivity contribution in [3.05, 3.63) is 0 Å². The number of aliphatic hydroxyl groups is 1. The first-order chi connectivity index (χ1) is 7.58. The lowest BCUT2D eigenvalue weighted by Crippen LogP contribution is -2.50. The van der Waals surface area contributed by atoms with Crippen LogP contribution in [-0.2, 0) is 0 Å². The fourth-order valence-electron chi connectivity index (χ4n) is 2.83. The van der Waals surface area contributed by atoms with Crippen molar-refractivity contribution in [1.29, 1.82) is 0 Å². The molecule has 0 aromatic rings. The monoisotopic (exact) mass is 227 g/mol. The third kappa shape index (κ3) is 4.42. The van der Waals surface area contributed by atoms with E-state index in [-0.39, 0.29) is 5.54 Å². The van der Waals surface area contributed by atoms with Gasteiger partial charge in [0.15, 0.2) is 0 Å². The van der Waals surface area contributed by atoms with Crippen molar-refractivity contribution in [2.45, 2.75) is 77.3 Å². The van der Waals surface area contributed by atoms with Crippen LogP contribution in [0.4, 0.5) is 0 Å². The maximum atomic E-state index is 9.52. The molecule has 16 heavy (non-hydrogen) atoms. The van der Waals surface area contributed by atoms with E-state index in [1.165, 1.54) is 32.1 Å². The smallest absolute Gasteiger partial charge is 0.0613 e. The minimum Gasteiger partial charge on any atom is -0.394 e. The van der Waals surface area contributed by atoms with Crippen LogP contribution in [0.3, 0.4) is 0 Å². The summed E-state index contributed by atoms with van der Waals surface area (Å²) < 4.78 is 0. The lowest BCUT2D eigenvalue weighted by Gasteiger charge is -2.32. The first kappa shape index (κ1) is 14.0. The molecule has 0 saturated heterocycles. The van der Waals surface area contributed by atoms with Gasteiger partial charge in [0.05, 0.1) is 6.61 Å². The fourth-order valence-corrected chi connectivity index (χ4v) is 2.83. The molecule has 1 unspecified atom stereocenters. The van der Waals surface area contributed by atoms with Gasteiger partial charge in [-0.15, -0.1) is 0 Å². The average Bonchev–Trinajstić information content (AvgIpc) is 2.66. The maximum Gasteiger partial charge on any atom is 0.0613 e. The molecule has 1 aliphatic carbocycles. The van der Waals surface area contributed by atoms with Gasteiger partial charge < -0.3 is 10.4 Å². The van der Waals surface area contributed by atoms with E-state index in [1.54, 1.807) is 0 Å². The molecule has 0 aliphatic heterocycles. The van der Waals surface area contributed by atoms with Crippen LogP contribution in [-0.4, -0.2) is 23.3 Å². The van der Waals surface area contributed by atoms with E-state index >= 15 is 0 Å². The average molecular weight is 227 g/mol. The zero-order valence-corrected chi connectivity index (χ0v) is 11.3. The Hall–Kier alpha value is -0.0800. The van der Waals surface area contributed by atoms with Crippen LogP contribution in [0.2, 0.25) is 0 Å². The number of nitrogens with one attached hydrogen (secondary N) is 1. The van der Waals surface area contributed by atoms with Crippen LogP contribution >= 0.6 is 0 Å². The molecule has 1 aliphatic rings. The van der Waals surface area contributed by atoms with Gasteiger partial charge in [0.1, 0.15) is 0 Å². The van der Waals surface area contributed by atoms with Crippen LogP contribution in [0, 0.1) is 5.92 Å². The molecule has 0 heterocycles. The first-order valence-corrected chi connectivity index (χ1v) is 6.96. The second-order valence-electron chi connectivity index (χ2n) is 6.02. The molecule has 0 aromatic carbocycles. The second-order valence-corrected chi connectivity index (χ2v) is 6.02. The van der Waals surface area contributed by atoms with Gasteiger partial charge in [0.2, 0.25) is 0 Å². The second kappa shape index (κ2) is 6.61. The molecule has 0 bridgehead atoms. The molecular weight excluding hydrogens is 198 g/mol. The van der Waals surface area contributed by atoms with Gasteiger partial charge in [-0.05, 0) is 32.1 Å². The molecule has 0 spiro atoms. The number of aliphatic hydroxyl groups excluding tert-OH is 1. The number of hydrogen-bond acceptors (Lipinski definition) is 2. The predicted molar refractivity (Wildman–Crippen MR) is 69.6 cm³/mol. The van der Waals surface area contributed by atoms with Gasteiger partial charge in [0, 0.05) is 11.6 Å².